The number of ether oxygens (including phenoxy) is 3. The van der Waals surface area contributed by atoms with Crippen molar-refractivity contribution in [2.75, 3.05) is 36.6 Å². The first-order valence-corrected chi connectivity index (χ1v) is 10.3. The number of fused-ring (bicyclic) bond motifs is 1. The number of carbonyl (C=O) groups excluding carboxylic acids is 1. The van der Waals surface area contributed by atoms with Gasteiger partial charge in [0.15, 0.2) is 11.5 Å². The maximum absolute atomic E-state index is 12.0. The van der Waals surface area contributed by atoms with E-state index in [-0.39, 0.29) is 5.91 Å². The molecule has 0 saturated heterocycles. The van der Waals surface area contributed by atoms with Crippen molar-refractivity contribution in [1.29, 1.82) is 0 Å². The van der Waals surface area contributed by atoms with Gasteiger partial charge in [-0.2, -0.15) is 11.8 Å². The van der Waals surface area contributed by atoms with Gasteiger partial charge in [0, 0.05) is 34.2 Å². The minimum absolute atomic E-state index is 0.0111. The Labute approximate surface area is 165 Å². The number of anilines is 1. The van der Waals surface area contributed by atoms with E-state index in [1.165, 1.54) is 0 Å². The molecule has 26 heavy (non-hydrogen) atoms. The number of carbonyl (C=O) groups is 1. The third-order valence-corrected chi connectivity index (χ3v) is 5.09. The van der Waals surface area contributed by atoms with Gasteiger partial charge in [-0.3, -0.25) is 4.79 Å². The van der Waals surface area contributed by atoms with Crippen molar-refractivity contribution in [3.8, 4) is 17.2 Å². The molecule has 0 bridgehead atoms. The van der Waals surface area contributed by atoms with Crippen LogP contribution in [0.1, 0.15) is 6.42 Å². The first kappa shape index (κ1) is 18.9. The summed E-state index contributed by atoms with van der Waals surface area (Å²) in [6.07, 6.45) is 0.456. The summed E-state index contributed by atoms with van der Waals surface area (Å²) in [6.45, 7) is 1.71. The molecule has 5 nitrogen and oxygen atoms in total. The minimum Gasteiger partial charge on any atom is -0.493 e. The highest BCUT2D eigenvalue weighted by atomic mass is 79.9. The van der Waals surface area contributed by atoms with E-state index < -0.39 is 0 Å². The zero-order valence-electron chi connectivity index (χ0n) is 14.2. The van der Waals surface area contributed by atoms with Gasteiger partial charge < -0.3 is 19.5 Å². The molecule has 1 aliphatic rings. The summed E-state index contributed by atoms with van der Waals surface area (Å²) in [4.78, 5) is 12.0. The Morgan fingerprint density at radius 2 is 1.85 bits per heavy atom. The number of benzene rings is 2. The molecule has 2 aromatic carbocycles. The van der Waals surface area contributed by atoms with Gasteiger partial charge in [-0.05, 0) is 36.4 Å². The van der Waals surface area contributed by atoms with Crippen molar-refractivity contribution in [3.63, 3.8) is 0 Å². The molecule has 0 saturated carbocycles. The van der Waals surface area contributed by atoms with Crippen molar-refractivity contribution in [2.45, 2.75) is 6.42 Å². The first-order chi connectivity index (χ1) is 12.7. The molecule has 1 heterocycles. The Hall–Kier alpha value is -1.86. The van der Waals surface area contributed by atoms with Crippen LogP contribution in [0.15, 0.2) is 46.9 Å². The monoisotopic (exact) mass is 437 g/mol. The Kier molecular flexibility index (Phi) is 7.08. The topological polar surface area (TPSA) is 56.8 Å². The van der Waals surface area contributed by atoms with E-state index in [2.05, 4.69) is 21.2 Å². The van der Waals surface area contributed by atoms with Gasteiger partial charge in [0.05, 0.1) is 6.61 Å². The van der Waals surface area contributed by atoms with Crippen LogP contribution in [-0.4, -0.2) is 37.2 Å². The van der Waals surface area contributed by atoms with Gasteiger partial charge in [-0.1, -0.05) is 15.9 Å². The quantitative estimate of drug-likeness (QED) is 0.621. The lowest BCUT2D eigenvalue weighted by Crippen LogP contribution is -2.16. The van der Waals surface area contributed by atoms with Gasteiger partial charge in [-0.15, -0.1) is 0 Å². The fraction of sp³-hybridized carbons (Fsp3) is 0.316. The predicted molar refractivity (Wildman–Crippen MR) is 108 cm³/mol. The van der Waals surface area contributed by atoms with Gasteiger partial charge in [0.2, 0.25) is 5.91 Å². The smallest absolute Gasteiger partial charge is 0.225 e. The second-order valence-electron chi connectivity index (χ2n) is 5.57. The zero-order chi connectivity index (χ0) is 18.2. The van der Waals surface area contributed by atoms with E-state index in [0.29, 0.717) is 32.0 Å². The average Bonchev–Trinajstić information content (AvgIpc) is 2.66. The Bertz CT molecular complexity index is 739. The molecule has 2 aromatic rings. The Balaban J connectivity index is 1.31. The molecular weight excluding hydrogens is 418 g/mol. The van der Waals surface area contributed by atoms with Crippen molar-refractivity contribution in [1.82, 2.24) is 0 Å². The van der Waals surface area contributed by atoms with E-state index in [1.807, 2.05) is 36.4 Å². The minimum atomic E-state index is -0.0111. The molecule has 138 valence electrons. The lowest BCUT2D eigenvalue weighted by Gasteiger charge is -2.19. The first-order valence-electron chi connectivity index (χ1n) is 8.36. The molecule has 7 heteroatoms. The maximum Gasteiger partial charge on any atom is 0.225 e. The molecule has 0 atom stereocenters. The second kappa shape index (κ2) is 9.73. The Morgan fingerprint density at radius 1 is 1.08 bits per heavy atom. The van der Waals surface area contributed by atoms with E-state index in [0.717, 1.165) is 33.2 Å². The summed E-state index contributed by atoms with van der Waals surface area (Å²) in [5, 5.41) is 2.89. The lowest BCUT2D eigenvalue weighted by atomic mass is 10.2. The molecule has 1 N–H and O–H groups in total. The van der Waals surface area contributed by atoms with Crippen molar-refractivity contribution < 1.29 is 19.0 Å². The van der Waals surface area contributed by atoms with E-state index >= 15 is 0 Å². The summed E-state index contributed by atoms with van der Waals surface area (Å²) in [5.41, 5.74) is 0.725. The third kappa shape index (κ3) is 5.85. The van der Waals surface area contributed by atoms with Gasteiger partial charge in [-0.25, -0.2) is 0 Å². The summed E-state index contributed by atoms with van der Waals surface area (Å²) >= 11 is 5.09. The molecule has 0 spiro atoms. The summed E-state index contributed by atoms with van der Waals surface area (Å²) < 4.78 is 17.7. The fourth-order valence-electron chi connectivity index (χ4n) is 2.36. The highest BCUT2D eigenvalue weighted by molar-refractivity contribution is 9.10. The number of hydrogen-bond donors (Lipinski definition) is 1. The molecule has 0 aromatic heterocycles. The molecular formula is C19H20BrNO4S. The number of amides is 1. The standard InChI is InChI=1S/C19H20BrNO4S/c20-14-1-4-16(5-2-14)23-10-12-26-11-7-19(22)21-15-3-6-17-18(13-15)25-9-8-24-17/h1-6,13H,7-12H2,(H,21,22). The average molecular weight is 438 g/mol. The highest BCUT2D eigenvalue weighted by Crippen LogP contribution is 2.32. The zero-order valence-corrected chi connectivity index (χ0v) is 16.6. The molecule has 1 aliphatic heterocycles. The highest BCUT2D eigenvalue weighted by Gasteiger charge is 2.12. The molecule has 0 fully saturated rings. The van der Waals surface area contributed by atoms with Crippen LogP contribution >= 0.6 is 27.7 Å². The number of hydrogen-bond acceptors (Lipinski definition) is 5. The van der Waals surface area contributed by atoms with Crippen LogP contribution in [0.25, 0.3) is 0 Å². The second-order valence-corrected chi connectivity index (χ2v) is 7.71. The Morgan fingerprint density at radius 3 is 2.65 bits per heavy atom. The SMILES string of the molecule is O=C(CCSCCOc1ccc(Br)cc1)Nc1ccc2c(c1)OCCO2. The van der Waals surface area contributed by atoms with Crippen LogP contribution < -0.4 is 19.5 Å². The fourth-order valence-corrected chi connectivity index (χ4v) is 3.36. The van der Waals surface area contributed by atoms with Crippen LogP contribution in [0.2, 0.25) is 0 Å². The van der Waals surface area contributed by atoms with Gasteiger partial charge in [0.25, 0.3) is 0 Å². The predicted octanol–water partition coefficient (Wildman–Crippen LogP) is 4.36. The summed E-state index contributed by atoms with van der Waals surface area (Å²) in [5.74, 6) is 3.82. The van der Waals surface area contributed by atoms with Crippen molar-refractivity contribution in [3.05, 3.63) is 46.9 Å². The molecule has 0 unspecified atom stereocenters. The number of rotatable bonds is 8. The van der Waals surface area contributed by atoms with Gasteiger partial charge >= 0.3 is 0 Å². The molecule has 0 aliphatic carbocycles. The van der Waals surface area contributed by atoms with Crippen LogP contribution in [0.5, 0.6) is 17.2 Å². The van der Waals surface area contributed by atoms with Crippen LogP contribution in [0.3, 0.4) is 0 Å². The normalized spacial score (nSPS) is 12.5. The lowest BCUT2D eigenvalue weighted by molar-refractivity contribution is -0.115. The number of thioether (sulfide) groups is 1. The summed E-state index contributed by atoms with van der Waals surface area (Å²) in [6, 6.07) is 13.2. The number of nitrogens with one attached hydrogen (secondary N) is 1. The van der Waals surface area contributed by atoms with Crippen LogP contribution in [0.4, 0.5) is 5.69 Å². The maximum atomic E-state index is 12.0. The van der Waals surface area contributed by atoms with Crippen molar-refractivity contribution in [2.24, 2.45) is 0 Å². The van der Waals surface area contributed by atoms with Gasteiger partial charge in [0.1, 0.15) is 19.0 Å². The largest absolute Gasteiger partial charge is 0.493 e. The van der Waals surface area contributed by atoms with Crippen LogP contribution in [0, 0.1) is 0 Å². The summed E-state index contributed by atoms with van der Waals surface area (Å²) in [7, 11) is 0. The number of halogens is 1. The molecule has 3 rings (SSSR count). The van der Waals surface area contributed by atoms with Crippen LogP contribution in [-0.2, 0) is 4.79 Å². The molecule has 0 radical (unpaired) electrons. The van der Waals surface area contributed by atoms with E-state index in [9.17, 15) is 4.79 Å². The third-order valence-electron chi connectivity index (χ3n) is 3.61. The van der Waals surface area contributed by atoms with E-state index in [1.54, 1.807) is 17.8 Å². The van der Waals surface area contributed by atoms with Crippen molar-refractivity contribution >= 4 is 39.3 Å². The molecule has 1 amide bonds. The van der Waals surface area contributed by atoms with E-state index in [4.69, 9.17) is 14.2 Å².